The molecule has 0 radical (unpaired) electrons. The number of aromatic nitrogens is 4. The number of carbonyl (C=O) groups is 1. The van der Waals surface area contributed by atoms with Crippen LogP contribution in [0, 0.1) is 11.6 Å². The molecule has 2 aliphatic rings. The summed E-state index contributed by atoms with van der Waals surface area (Å²) in [6.07, 6.45) is 5.51. The van der Waals surface area contributed by atoms with Gasteiger partial charge in [0.05, 0.1) is 11.8 Å². The van der Waals surface area contributed by atoms with Crippen LogP contribution < -0.4 is 15.5 Å². The summed E-state index contributed by atoms with van der Waals surface area (Å²) in [5.41, 5.74) is 2.73. The monoisotopic (exact) mass is 532 g/mol. The fraction of sp³-hybridized carbons (Fsp3) is 0.357. The minimum Gasteiger partial charge on any atom is -0.369 e. The third-order valence-electron chi connectivity index (χ3n) is 7.51. The molecule has 9 nitrogen and oxygen atoms in total. The van der Waals surface area contributed by atoms with E-state index < -0.39 is 17.5 Å². The lowest BCUT2D eigenvalue weighted by atomic mass is 10.2. The van der Waals surface area contributed by atoms with Gasteiger partial charge in [0, 0.05) is 43.6 Å². The molecule has 0 atom stereocenters. The Morgan fingerprint density at radius 3 is 2.46 bits per heavy atom. The number of benzene rings is 2. The first-order chi connectivity index (χ1) is 18.9. The van der Waals surface area contributed by atoms with Crippen LogP contribution in [0.1, 0.15) is 42.1 Å². The minimum absolute atomic E-state index is 0.0771. The number of carbonyl (C=O) groups excluding carboxylic acids is 1. The maximum atomic E-state index is 14.2. The molecule has 1 amide bonds. The maximum Gasteiger partial charge on any atom is 0.261 e. The van der Waals surface area contributed by atoms with E-state index in [1.54, 1.807) is 6.20 Å². The van der Waals surface area contributed by atoms with Crippen molar-refractivity contribution in [3.8, 4) is 0 Å². The molecule has 2 aromatic heterocycles. The number of nitrogens with zero attached hydrogens (tertiary/aromatic N) is 6. The molecular weight excluding hydrogens is 502 g/mol. The molecule has 1 saturated heterocycles. The third kappa shape index (κ3) is 5.26. The van der Waals surface area contributed by atoms with Gasteiger partial charge in [-0.15, -0.1) is 0 Å². The topological polar surface area (TPSA) is 91.2 Å². The first-order valence-corrected chi connectivity index (χ1v) is 13.3. The lowest BCUT2D eigenvalue weighted by Crippen LogP contribution is -2.44. The molecule has 4 aromatic rings. The average molecular weight is 533 g/mol. The number of anilines is 4. The highest BCUT2D eigenvalue weighted by Crippen LogP contribution is 2.35. The Morgan fingerprint density at radius 1 is 0.974 bits per heavy atom. The van der Waals surface area contributed by atoms with Crippen molar-refractivity contribution in [3.63, 3.8) is 0 Å². The van der Waals surface area contributed by atoms with Gasteiger partial charge >= 0.3 is 0 Å². The van der Waals surface area contributed by atoms with E-state index in [0.717, 1.165) is 75.7 Å². The van der Waals surface area contributed by atoms with Crippen molar-refractivity contribution in [2.75, 3.05) is 48.8 Å². The molecule has 0 bridgehead atoms. The van der Waals surface area contributed by atoms with Gasteiger partial charge in [0.15, 0.2) is 5.65 Å². The van der Waals surface area contributed by atoms with Crippen LogP contribution in [0.4, 0.5) is 32.1 Å². The van der Waals surface area contributed by atoms with Gasteiger partial charge in [-0.25, -0.2) is 18.7 Å². The third-order valence-corrected chi connectivity index (χ3v) is 7.51. The number of piperazine rings is 1. The second-order valence-corrected chi connectivity index (χ2v) is 10.2. The maximum absolute atomic E-state index is 14.2. The normalized spacial score (nSPS) is 16.6. The van der Waals surface area contributed by atoms with Crippen molar-refractivity contribution < 1.29 is 13.6 Å². The number of imidazole rings is 1. The van der Waals surface area contributed by atoms with E-state index in [4.69, 9.17) is 4.98 Å². The summed E-state index contributed by atoms with van der Waals surface area (Å²) in [6, 6.07) is 11.1. The molecule has 6 rings (SSSR count). The second-order valence-electron chi connectivity index (χ2n) is 10.2. The minimum atomic E-state index is -0.803. The lowest BCUT2D eigenvalue weighted by molar-refractivity contribution is 0.102. The van der Waals surface area contributed by atoms with Gasteiger partial charge in [-0.05, 0) is 62.4 Å². The molecule has 202 valence electrons. The zero-order chi connectivity index (χ0) is 26.9. The second kappa shape index (κ2) is 10.6. The van der Waals surface area contributed by atoms with Crippen LogP contribution in [-0.4, -0.2) is 63.6 Å². The fourth-order valence-electron chi connectivity index (χ4n) is 5.34. The lowest BCUT2D eigenvalue weighted by Gasteiger charge is -2.34. The van der Waals surface area contributed by atoms with Crippen molar-refractivity contribution in [1.29, 1.82) is 0 Å². The summed E-state index contributed by atoms with van der Waals surface area (Å²) >= 11 is 0. The van der Waals surface area contributed by atoms with E-state index in [2.05, 4.69) is 49.6 Å². The Labute approximate surface area is 224 Å². The molecule has 39 heavy (non-hydrogen) atoms. The summed E-state index contributed by atoms with van der Waals surface area (Å²) in [4.78, 5) is 31.3. The SMILES string of the molecule is CN1CCN(c2ccc(Nc3ncc4nc(NC(=O)c5cc(F)ccc5F)n(C5CCCC5)c4n3)cc2)CC1. The molecule has 1 aliphatic carbocycles. The molecule has 1 aliphatic heterocycles. The van der Waals surface area contributed by atoms with Gasteiger partial charge in [-0.2, -0.15) is 4.98 Å². The van der Waals surface area contributed by atoms with Gasteiger partial charge in [0.1, 0.15) is 17.2 Å². The molecule has 0 unspecified atom stereocenters. The molecule has 2 fully saturated rings. The van der Waals surface area contributed by atoms with E-state index in [9.17, 15) is 13.6 Å². The van der Waals surface area contributed by atoms with Gasteiger partial charge in [-0.3, -0.25) is 14.7 Å². The van der Waals surface area contributed by atoms with Crippen LogP contribution in [-0.2, 0) is 0 Å². The molecule has 1 saturated carbocycles. The Kier molecular flexibility index (Phi) is 6.82. The first kappa shape index (κ1) is 25.2. The summed E-state index contributed by atoms with van der Waals surface area (Å²) < 4.78 is 29.8. The Hall–Kier alpha value is -4.12. The predicted octanol–water partition coefficient (Wildman–Crippen LogP) is 4.97. The van der Waals surface area contributed by atoms with E-state index in [1.807, 2.05) is 16.7 Å². The van der Waals surface area contributed by atoms with Crippen LogP contribution >= 0.6 is 0 Å². The van der Waals surface area contributed by atoms with E-state index >= 15 is 0 Å². The molecule has 0 spiro atoms. The number of nitrogens with one attached hydrogen (secondary N) is 2. The first-order valence-electron chi connectivity index (χ1n) is 13.3. The Morgan fingerprint density at radius 2 is 1.72 bits per heavy atom. The van der Waals surface area contributed by atoms with Crippen molar-refractivity contribution in [3.05, 3.63) is 65.9 Å². The number of rotatable bonds is 6. The number of hydrogen-bond acceptors (Lipinski definition) is 7. The summed E-state index contributed by atoms with van der Waals surface area (Å²) in [5, 5.41) is 5.95. The molecule has 2 N–H and O–H groups in total. The molecule has 3 heterocycles. The predicted molar refractivity (Wildman–Crippen MR) is 147 cm³/mol. The zero-order valence-electron chi connectivity index (χ0n) is 21.7. The van der Waals surface area contributed by atoms with Crippen molar-refractivity contribution >= 4 is 40.3 Å². The average Bonchev–Trinajstić information content (AvgIpc) is 3.58. The molecule has 2 aromatic carbocycles. The van der Waals surface area contributed by atoms with Crippen molar-refractivity contribution in [2.24, 2.45) is 0 Å². The number of hydrogen-bond donors (Lipinski definition) is 2. The highest BCUT2D eigenvalue weighted by atomic mass is 19.1. The summed E-state index contributed by atoms with van der Waals surface area (Å²) in [7, 11) is 2.14. The van der Waals surface area contributed by atoms with Crippen LogP contribution in [0.2, 0.25) is 0 Å². The standard InChI is InChI=1S/C28H30F2N8O/c1-36-12-14-37(15-13-36)20-9-7-19(8-10-20)32-27-31-17-24-25(34-27)38(21-4-2-3-5-21)28(33-24)35-26(39)22-16-18(29)6-11-23(22)30/h6-11,16-17,21H,2-5,12-15H2,1H3,(H,31,32,34)(H,33,35,39). The van der Waals surface area contributed by atoms with E-state index in [-0.39, 0.29) is 17.6 Å². The van der Waals surface area contributed by atoms with E-state index in [0.29, 0.717) is 17.1 Å². The van der Waals surface area contributed by atoms with Gasteiger partial charge in [0.25, 0.3) is 5.91 Å². The fourth-order valence-corrected chi connectivity index (χ4v) is 5.34. The summed E-state index contributed by atoms with van der Waals surface area (Å²) in [6.45, 7) is 4.09. The van der Waals surface area contributed by atoms with Crippen molar-refractivity contribution in [2.45, 2.75) is 31.7 Å². The largest absolute Gasteiger partial charge is 0.369 e. The van der Waals surface area contributed by atoms with Crippen LogP contribution in [0.25, 0.3) is 11.2 Å². The molecule has 11 heteroatoms. The highest BCUT2D eigenvalue weighted by Gasteiger charge is 2.26. The number of halogens is 2. The van der Waals surface area contributed by atoms with Crippen LogP contribution in [0.15, 0.2) is 48.7 Å². The molecular formula is C28H30F2N8O. The Bertz CT molecular complexity index is 1490. The highest BCUT2D eigenvalue weighted by molar-refractivity contribution is 6.04. The number of fused-ring (bicyclic) bond motifs is 1. The summed E-state index contributed by atoms with van der Waals surface area (Å²) in [5.74, 6) is -1.61. The van der Waals surface area contributed by atoms with Gasteiger partial charge in [0.2, 0.25) is 11.9 Å². The smallest absolute Gasteiger partial charge is 0.261 e. The van der Waals surface area contributed by atoms with E-state index in [1.165, 1.54) is 5.69 Å². The number of likely N-dealkylation sites (N-methyl/N-ethyl adjacent to an activating group) is 1. The van der Waals surface area contributed by atoms with Crippen molar-refractivity contribution in [1.82, 2.24) is 24.4 Å². The van der Waals surface area contributed by atoms with Gasteiger partial charge in [-0.1, -0.05) is 12.8 Å². The van der Waals surface area contributed by atoms with Crippen LogP contribution in [0.3, 0.4) is 0 Å². The quantitative estimate of drug-likeness (QED) is 0.362. The van der Waals surface area contributed by atoms with Gasteiger partial charge < -0.3 is 15.1 Å². The van der Waals surface area contributed by atoms with Crippen LogP contribution in [0.5, 0.6) is 0 Å². The number of amides is 1. The Balaban J connectivity index is 1.26. The zero-order valence-corrected chi connectivity index (χ0v) is 21.7.